The third-order valence-electron chi connectivity index (χ3n) is 9.53. The van der Waals surface area contributed by atoms with Crippen molar-refractivity contribution in [1.29, 1.82) is 0 Å². The van der Waals surface area contributed by atoms with Crippen molar-refractivity contribution >= 4 is 39.9 Å². The number of nitrogens with zero attached hydrogens (tertiary/aromatic N) is 3. The van der Waals surface area contributed by atoms with Gasteiger partial charge in [-0.2, -0.15) is 13.2 Å². The molecule has 0 amide bonds. The summed E-state index contributed by atoms with van der Waals surface area (Å²) in [5.41, 5.74) is 3.96. The van der Waals surface area contributed by atoms with E-state index in [9.17, 15) is 18.0 Å². The molecule has 1 aromatic heterocycles. The number of carbonyl (C=O) groups is 1. The molecule has 0 aliphatic carbocycles. The number of halogens is 5. The van der Waals surface area contributed by atoms with Crippen molar-refractivity contribution in [1.82, 2.24) is 19.7 Å². The lowest BCUT2D eigenvalue weighted by molar-refractivity contribution is -0.137. The monoisotopic (exact) mass is 684 g/mol. The number of hydrogen-bond acceptors (Lipinski definition) is 4. The molecule has 250 valence electrons. The molecule has 47 heavy (non-hydrogen) atoms. The summed E-state index contributed by atoms with van der Waals surface area (Å²) in [7, 11) is 0. The molecule has 2 aliphatic heterocycles. The molecule has 0 saturated carbocycles. The SMILES string of the molecule is O=C(CCCCn1cc(-c2cccc(C(F)(F)F)c2)c2cc(CN3CCN(Cc4ccc(Cl)c(Cl)c4)CC3)ccc21)C1CCCNC1. The zero-order valence-electron chi connectivity index (χ0n) is 26.5. The Morgan fingerprint density at radius 1 is 0.872 bits per heavy atom. The van der Waals surface area contributed by atoms with Gasteiger partial charge in [0.25, 0.3) is 0 Å². The van der Waals surface area contributed by atoms with E-state index in [1.54, 1.807) is 6.07 Å². The summed E-state index contributed by atoms with van der Waals surface area (Å²) in [5, 5.41) is 5.39. The zero-order chi connectivity index (χ0) is 33.0. The van der Waals surface area contributed by atoms with E-state index in [1.165, 1.54) is 12.1 Å². The smallest absolute Gasteiger partial charge is 0.347 e. The predicted octanol–water partition coefficient (Wildman–Crippen LogP) is 8.69. The van der Waals surface area contributed by atoms with Gasteiger partial charge in [0.1, 0.15) is 5.78 Å². The number of piperidine rings is 1. The van der Waals surface area contributed by atoms with Crippen molar-refractivity contribution in [2.45, 2.75) is 57.9 Å². The molecule has 0 spiro atoms. The van der Waals surface area contributed by atoms with E-state index in [4.69, 9.17) is 23.2 Å². The highest BCUT2D eigenvalue weighted by Gasteiger charge is 2.31. The predicted molar refractivity (Wildman–Crippen MR) is 184 cm³/mol. The Labute approximate surface area is 284 Å². The number of carbonyl (C=O) groups excluding carboxylic acids is 1. The van der Waals surface area contributed by atoms with Gasteiger partial charge in [0.05, 0.1) is 15.6 Å². The van der Waals surface area contributed by atoms with Gasteiger partial charge in [-0.15, -0.1) is 0 Å². The number of aryl methyl sites for hydroxylation is 1. The van der Waals surface area contributed by atoms with Gasteiger partial charge in [-0.25, -0.2) is 0 Å². The first-order valence-electron chi connectivity index (χ1n) is 16.6. The fourth-order valence-electron chi connectivity index (χ4n) is 6.89. The highest BCUT2D eigenvalue weighted by atomic mass is 35.5. The lowest BCUT2D eigenvalue weighted by Gasteiger charge is -2.34. The van der Waals surface area contributed by atoms with E-state index in [1.807, 2.05) is 24.4 Å². The maximum Gasteiger partial charge on any atom is 0.416 e. The fourth-order valence-corrected chi connectivity index (χ4v) is 7.21. The maximum atomic E-state index is 13.7. The van der Waals surface area contributed by atoms with Crippen LogP contribution in [0.5, 0.6) is 0 Å². The minimum atomic E-state index is -4.41. The molecule has 1 N–H and O–H groups in total. The molecular weight excluding hydrogens is 644 g/mol. The number of hydrogen-bond donors (Lipinski definition) is 1. The fraction of sp³-hybridized carbons (Fsp3) is 0.432. The lowest BCUT2D eigenvalue weighted by atomic mass is 9.92. The highest BCUT2D eigenvalue weighted by Crippen LogP contribution is 2.36. The second-order valence-electron chi connectivity index (χ2n) is 12.9. The average Bonchev–Trinajstić information content (AvgIpc) is 3.43. The number of aromatic nitrogens is 1. The van der Waals surface area contributed by atoms with Crippen LogP contribution >= 0.6 is 23.2 Å². The summed E-state index contributed by atoms with van der Waals surface area (Å²) in [5.74, 6) is 0.451. The van der Waals surface area contributed by atoms with Crippen LogP contribution in [0.4, 0.5) is 13.2 Å². The third-order valence-corrected chi connectivity index (χ3v) is 10.3. The molecule has 1 atom stereocenters. The van der Waals surface area contributed by atoms with Crippen LogP contribution in [-0.4, -0.2) is 59.4 Å². The van der Waals surface area contributed by atoms with Crippen LogP contribution in [0.25, 0.3) is 22.0 Å². The van der Waals surface area contributed by atoms with Crippen molar-refractivity contribution in [2.24, 2.45) is 5.92 Å². The first kappa shape index (κ1) is 34.0. The molecule has 1 unspecified atom stereocenters. The van der Waals surface area contributed by atoms with E-state index < -0.39 is 11.7 Å². The number of rotatable bonds is 11. The van der Waals surface area contributed by atoms with Gasteiger partial charge in [-0.3, -0.25) is 14.6 Å². The van der Waals surface area contributed by atoms with Gasteiger partial charge in [-0.05, 0) is 85.3 Å². The van der Waals surface area contributed by atoms with Gasteiger partial charge in [-0.1, -0.05) is 47.5 Å². The molecule has 3 heterocycles. The molecule has 2 fully saturated rings. The zero-order valence-corrected chi connectivity index (χ0v) is 28.0. The highest BCUT2D eigenvalue weighted by molar-refractivity contribution is 6.42. The number of piperazine rings is 1. The number of ketones is 1. The van der Waals surface area contributed by atoms with Crippen LogP contribution in [0, 0.1) is 5.92 Å². The molecule has 0 radical (unpaired) electrons. The number of benzene rings is 3. The van der Waals surface area contributed by atoms with Crippen LogP contribution in [0.1, 0.15) is 48.8 Å². The van der Waals surface area contributed by atoms with Gasteiger partial charge >= 0.3 is 6.18 Å². The Balaban J connectivity index is 1.15. The topological polar surface area (TPSA) is 40.5 Å². The molecule has 3 aromatic carbocycles. The van der Waals surface area contributed by atoms with Crippen LogP contribution in [0.15, 0.2) is 66.9 Å². The van der Waals surface area contributed by atoms with Gasteiger partial charge < -0.3 is 9.88 Å². The Kier molecular flexibility index (Phi) is 10.9. The van der Waals surface area contributed by atoms with Crippen LogP contribution in [0.2, 0.25) is 10.0 Å². The molecule has 6 rings (SSSR count). The molecular formula is C37H41Cl2F3N4O. The Bertz CT molecular complexity index is 1690. The number of nitrogens with one attached hydrogen (secondary N) is 1. The molecule has 2 aliphatic rings. The summed E-state index contributed by atoms with van der Waals surface area (Å²) in [6.45, 7) is 7.72. The average molecular weight is 686 g/mol. The summed E-state index contributed by atoms with van der Waals surface area (Å²) in [4.78, 5) is 17.5. The van der Waals surface area contributed by atoms with E-state index in [0.717, 1.165) is 112 Å². The van der Waals surface area contributed by atoms with Gasteiger partial charge in [0, 0.05) is 87.4 Å². The van der Waals surface area contributed by atoms with Crippen LogP contribution < -0.4 is 5.32 Å². The van der Waals surface area contributed by atoms with Crippen molar-refractivity contribution in [2.75, 3.05) is 39.3 Å². The normalized spacial score (nSPS) is 18.2. The second-order valence-corrected chi connectivity index (χ2v) is 13.7. The first-order valence-corrected chi connectivity index (χ1v) is 17.3. The first-order chi connectivity index (χ1) is 22.6. The summed E-state index contributed by atoms with van der Waals surface area (Å²) in [6, 6.07) is 17.8. The molecule has 0 bridgehead atoms. The van der Waals surface area contributed by atoms with Crippen molar-refractivity contribution in [3.8, 4) is 11.1 Å². The van der Waals surface area contributed by atoms with Gasteiger partial charge in [0.15, 0.2) is 0 Å². The van der Waals surface area contributed by atoms with E-state index in [0.29, 0.717) is 34.4 Å². The lowest BCUT2D eigenvalue weighted by Crippen LogP contribution is -2.45. The number of Topliss-reactive ketones (excluding diaryl/α,β-unsaturated/α-hetero) is 1. The minimum absolute atomic E-state index is 0.118. The van der Waals surface area contributed by atoms with Crippen LogP contribution in [-0.2, 0) is 30.6 Å². The summed E-state index contributed by atoms with van der Waals surface area (Å²) in [6.07, 6.45) is 1.76. The van der Waals surface area contributed by atoms with Gasteiger partial charge in [0.2, 0.25) is 0 Å². The quantitative estimate of drug-likeness (QED) is 0.161. The largest absolute Gasteiger partial charge is 0.416 e. The Hall–Kier alpha value is -2.88. The number of fused-ring (bicyclic) bond motifs is 1. The Morgan fingerprint density at radius 3 is 2.28 bits per heavy atom. The third kappa shape index (κ3) is 8.59. The van der Waals surface area contributed by atoms with Crippen LogP contribution in [0.3, 0.4) is 0 Å². The van der Waals surface area contributed by atoms with E-state index in [-0.39, 0.29) is 5.92 Å². The standard InChI is InChI=1S/C37H41Cl2F3N4O/c38-33-11-9-27(20-34(33)39)24-45-17-15-44(16-18-45)23-26-10-12-35-31(19-26)32(28-5-3-7-30(21-28)37(40,41)42)25-46(35)14-2-1-8-36(47)29-6-4-13-43-22-29/h3,5,7,9-12,19-21,25,29,43H,1-2,4,6,8,13-18,22-24H2. The number of alkyl halides is 3. The second kappa shape index (κ2) is 15.1. The van der Waals surface area contributed by atoms with Crippen molar-refractivity contribution in [3.63, 3.8) is 0 Å². The number of unbranched alkanes of at least 4 members (excludes halogenated alkanes) is 1. The minimum Gasteiger partial charge on any atom is -0.347 e. The Morgan fingerprint density at radius 2 is 1.60 bits per heavy atom. The summed E-state index contributed by atoms with van der Waals surface area (Å²) < 4.78 is 43.1. The van der Waals surface area contributed by atoms with E-state index in [2.05, 4.69) is 37.9 Å². The van der Waals surface area contributed by atoms with Crippen molar-refractivity contribution in [3.05, 3.63) is 93.6 Å². The maximum absolute atomic E-state index is 13.7. The molecule has 2 saturated heterocycles. The van der Waals surface area contributed by atoms with Crippen molar-refractivity contribution < 1.29 is 18.0 Å². The van der Waals surface area contributed by atoms with E-state index >= 15 is 0 Å². The summed E-state index contributed by atoms with van der Waals surface area (Å²) >= 11 is 12.3. The molecule has 10 heteroatoms. The molecule has 5 nitrogen and oxygen atoms in total. The molecule has 4 aromatic rings.